The van der Waals surface area contributed by atoms with Gasteiger partial charge < -0.3 is 15.1 Å². The molecule has 0 spiro atoms. The van der Waals surface area contributed by atoms with Crippen molar-refractivity contribution in [2.75, 3.05) is 0 Å². The second-order valence-corrected chi connectivity index (χ2v) is 7.39. The number of rotatable bonds is 3. The molecule has 0 radical (unpaired) electrons. The molecule has 2 N–H and O–H groups in total. The maximum Gasteiger partial charge on any atom is 0.200 e. The monoisotopic (exact) mass is 421 g/mol. The molecular weight excluding hydrogens is 404 g/mol. The maximum atomic E-state index is 14.0. The Morgan fingerprint density at radius 1 is 1.13 bits per heavy atom. The van der Waals surface area contributed by atoms with E-state index in [1.807, 2.05) is 0 Å². The van der Waals surface area contributed by atoms with Crippen LogP contribution in [0.1, 0.15) is 18.7 Å². The highest BCUT2D eigenvalue weighted by molar-refractivity contribution is 5.96. The molecule has 2 aliphatic rings. The summed E-state index contributed by atoms with van der Waals surface area (Å²) in [6.07, 6.45) is 2.49. The van der Waals surface area contributed by atoms with Crippen LogP contribution in [0.4, 0.5) is 8.78 Å². The van der Waals surface area contributed by atoms with Crippen molar-refractivity contribution in [3.05, 3.63) is 70.1 Å². The number of nitrogens with two attached hydrogens (primary N) is 1. The molecule has 0 saturated carbocycles. The van der Waals surface area contributed by atoms with Crippen molar-refractivity contribution in [1.29, 1.82) is 0 Å². The predicted octanol–water partition coefficient (Wildman–Crippen LogP) is 3.24. The summed E-state index contributed by atoms with van der Waals surface area (Å²) in [6, 6.07) is 8.74. The van der Waals surface area contributed by atoms with Gasteiger partial charge in [-0.3, -0.25) is 9.79 Å². The van der Waals surface area contributed by atoms with Crippen molar-refractivity contribution in [2.45, 2.75) is 25.2 Å². The quantitative estimate of drug-likeness (QED) is 0.702. The zero-order chi connectivity index (χ0) is 21.7. The number of nitrogens with zero attached hydrogens (tertiary/aromatic N) is 4. The van der Waals surface area contributed by atoms with E-state index in [0.29, 0.717) is 16.8 Å². The third-order valence-corrected chi connectivity index (χ3v) is 5.48. The van der Waals surface area contributed by atoms with E-state index in [2.05, 4.69) is 15.0 Å². The molecule has 9 heteroatoms. The van der Waals surface area contributed by atoms with Gasteiger partial charge in [0.1, 0.15) is 41.2 Å². The number of amidine groups is 1. The van der Waals surface area contributed by atoms with Crippen LogP contribution in [0, 0.1) is 11.6 Å². The molecule has 3 heterocycles. The Morgan fingerprint density at radius 3 is 2.65 bits per heavy atom. The van der Waals surface area contributed by atoms with E-state index in [0.717, 1.165) is 18.2 Å². The van der Waals surface area contributed by atoms with Crippen molar-refractivity contribution in [3.63, 3.8) is 0 Å². The molecule has 5 rings (SSSR count). The summed E-state index contributed by atoms with van der Waals surface area (Å²) in [4.78, 5) is 27.9. The fraction of sp³-hybridized carbons (Fsp3) is 0.182. The van der Waals surface area contributed by atoms with Gasteiger partial charge in [0, 0.05) is 6.07 Å². The van der Waals surface area contributed by atoms with Crippen LogP contribution < -0.4 is 11.2 Å². The van der Waals surface area contributed by atoms with E-state index in [-0.39, 0.29) is 22.3 Å². The van der Waals surface area contributed by atoms with E-state index in [1.54, 1.807) is 42.4 Å². The first-order chi connectivity index (χ1) is 14.9. The van der Waals surface area contributed by atoms with Gasteiger partial charge in [0.2, 0.25) is 5.43 Å². The zero-order valence-corrected chi connectivity index (χ0v) is 16.4. The summed E-state index contributed by atoms with van der Waals surface area (Å²) in [5.41, 5.74) is 6.11. The number of hydrogen-bond donors (Lipinski definition) is 1. The number of aliphatic imine (C=N–C) groups is 3. The zero-order valence-electron chi connectivity index (χ0n) is 16.4. The summed E-state index contributed by atoms with van der Waals surface area (Å²) in [6.45, 7) is 1.80. The summed E-state index contributed by atoms with van der Waals surface area (Å²) < 4.78 is 34.1. The first-order valence-electron chi connectivity index (χ1n) is 9.62. The fourth-order valence-electron chi connectivity index (χ4n) is 3.98. The largest absolute Gasteiger partial charge is 0.458 e. The lowest BCUT2D eigenvalue weighted by Crippen LogP contribution is -2.44. The lowest BCUT2D eigenvalue weighted by atomic mass is 9.98. The van der Waals surface area contributed by atoms with E-state index >= 15 is 0 Å². The molecule has 0 bridgehead atoms. The van der Waals surface area contributed by atoms with Crippen molar-refractivity contribution in [1.82, 2.24) is 4.90 Å². The maximum absolute atomic E-state index is 14.0. The number of hydrogen-bond acceptors (Lipinski definition) is 7. The minimum absolute atomic E-state index is 0.0860. The smallest absolute Gasteiger partial charge is 0.200 e. The van der Waals surface area contributed by atoms with Crippen molar-refractivity contribution in [2.24, 2.45) is 20.7 Å². The van der Waals surface area contributed by atoms with Crippen LogP contribution in [0.5, 0.6) is 0 Å². The van der Waals surface area contributed by atoms with Gasteiger partial charge in [0.15, 0.2) is 6.17 Å². The molecule has 0 saturated heterocycles. The van der Waals surface area contributed by atoms with Gasteiger partial charge in [-0.1, -0.05) is 12.1 Å². The van der Waals surface area contributed by atoms with Crippen LogP contribution in [0.15, 0.2) is 66.7 Å². The Balaban J connectivity index is 1.71. The third kappa shape index (κ3) is 3.09. The van der Waals surface area contributed by atoms with E-state index < -0.39 is 29.9 Å². The normalized spacial score (nSPS) is 20.7. The van der Waals surface area contributed by atoms with Gasteiger partial charge in [-0.25, -0.2) is 18.8 Å². The SMILES string of the molecule is CC(c1oc2ccccc2c(=O)c1-c1cc(F)cc(F)c1)N1C=NC2C(N)=NC=NC21. The van der Waals surface area contributed by atoms with Gasteiger partial charge in [0.25, 0.3) is 0 Å². The lowest BCUT2D eigenvalue weighted by Gasteiger charge is -2.31. The highest BCUT2D eigenvalue weighted by Gasteiger charge is 2.39. The Kier molecular flexibility index (Phi) is 4.39. The van der Waals surface area contributed by atoms with Crippen LogP contribution in [0.25, 0.3) is 22.1 Å². The van der Waals surface area contributed by atoms with Gasteiger partial charge in [-0.15, -0.1) is 0 Å². The standard InChI is InChI=1S/C22H17F2N5O2/c1-11(29-10-28-18-21(25)26-9-27-22(18)29)20-17(12-6-13(23)8-14(24)7-12)19(30)15-4-2-3-5-16(15)31-20/h2-11,18,22H,1H3,(H2,25,26,27). The summed E-state index contributed by atoms with van der Waals surface area (Å²) in [5, 5.41) is 0.318. The van der Waals surface area contributed by atoms with Crippen LogP contribution in [-0.4, -0.2) is 35.6 Å². The molecule has 31 heavy (non-hydrogen) atoms. The predicted molar refractivity (Wildman–Crippen MR) is 114 cm³/mol. The molecule has 1 aromatic heterocycles. The van der Waals surface area contributed by atoms with Gasteiger partial charge >= 0.3 is 0 Å². The summed E-state index contributed by atoms with van der Waals surface area (Å²) in [7, 11) is 0. The summed E-state index contributed by atoms with van der Waals surface area (Å²) in [5.74, 6) is -0.995. The molecule has 0 amide bonds. The second-order valence-electron chi connectivity index (χ2n) is 7.39. The highest BCUT2D eigenvalue weighted by Crippen LogP contribution is 2.35. The van der Waals surface area contributed by atoms with Crippen LogP contribution >= 0.6 is 0 Å². The number of benzene rings is 2. The molecular formula is C22H17F2N5O2. The first kappa shape index (κ1) is 19.1. The van der Waals surface area contributed by atoms with Crippen molar-refractivity contribution in [3.8, 4) is 11.1 Å². The van der Waals surface area contributed by atoms with E-state index in [1.165, 1.54) is 6.34 Å². The molecule has 2 aliphatic heterocycles. The van der Waals surface area contributed by atoms with E-state index in [4.69, 9.17) is 10.2 Å². The van der Waals surface area contributed by atoms with Crippen LogP contribution in [0.2, 0.25) is 0 Å². The Labute approximate surface area is 175 Å². The van der Waals surface area contributed by atoms with Gasteiger partial charge in [-0.2, -0.15) is 0 Å². The van der Waals surface area contributed by atoms with Gasteiger partial charge in [0.05, 0.1) is 23.3 Å². The third-order valence-electron chi connectivity index (χ3n) is 5.48. The molecule has 2 aromatic carbocycles. The Bertz CT molecular complexity index is 1330. The van der Waals surface area contributed by atoms with Crippen LogP contribution in [-0.2, 0) is 0 Å². The number of para-hydroxylation sites is 1. The molecule has 156 valence electrons. The van der Waals surface area contributed by atoms with Crippen LogP contribution in [0.3, 0.4) is 0 Å². The number of fused-ring (bicyclic) bond motifs is 2. The molecule has 0 fully saturated rings. The Hall–Kier alpha value is -3.88. The Morgan fingerprint density at radius 2 is 1.87 bits per heavy atom. The highest BCUT2D eigenvalue weighted by atomic mass is 19.1. The molecule has 0 aliphatic carbocycles. The van der Waals surface area contributed by atoms with Crippen molar-refractivity contribution < 1.29 is 13.2 Å². The minimum atomic E-state index is -0.787. The minimum Gasteiger partial charge on any atom is -0.458 e. The molecule has 3 atom stereocenters. The molecule has 7 nitrogen and oxygen atoms in total. The topological polar surface area (TPSA) is 96.5 Å². The molecule has 3 unspecified atom stereocenters. The second kappa shape index (κ2) is 7.12. The fourth-order valence-corrected chi connectivity index (χ4v) is 3.98. The average molecular weight is 421 g/mol. The van der Waals surface area contributed by atoms with E-state index in [9.17, 15) is 13.6 Å². The average Bonchev–Trinajstić information content (AvgIpc) is 3.18. The summed E-state index contributed by atoms with van der Waals surface area (Å²) >= 11 is 0. The lowest BCUT2D eigenvalue weighted by molar-refractivity contribution is 0.250. The van der Waals surface area contributed by atoms with Gasteiger partial charge in [-0.05, 0) is 36.8 Å². The number of halogens is 2. The first-order valence-corrected chi connectivity index (χ1v) is 9.62. The van der Waals surface area contributed by atoms with Crippen molar-refractivity contribution >= 4 is 29.5 Å². The molecule has 3 aromatic rings.